The van der Waals surface area contributed by atoms with Gasteiger partial charge in [0, 0.05) is 29.2 Å². The number of carbonyl (C=O) groups is 1. The number of aromatic nitrogens is 5. The van der Waals surface area contributed by atoms with Gasteiger partial charge < -0.3 is 5.32 Å². The highest BCUT2D eigenvalue weighted by Gasteiger charge is 2.44. The SMILES string of the molecule is Cc1ccc(C(=O)Nc2cccc(C3(C#N)CC3)c2)cc1-n1cc(-c2cncnc2)nn1. The van der Waals surface area contributed by atoms with Crippen molar-refractivity contribution in [2.24, 2.45) is 0 Å². The van der Waals surface area contributed by atoms with E-state index in [0.717, 1.165) is 35.2 Å². The third kappa shape index (κ3) is 3.61. The molecule has 1 N–H and O–H groups in total. The number of hydrogen-bond donors (Lipinski definition) is 1. The third-order valence-corrected chi connectivity index (χ3v) is 5.70. The summed E-state index contributed by atoms with van der Waals surface area (Å²) in [6.45, 7) is 1.95. The smallest absolute Gasteiger partial charge is 0.255 e. The van der Waals surface area contributed by atoms with Crippen LogP contribution in [0.2, 0.25) is 0 Å². The molecule has 32 heavy (non-hydrogen) atoms. The van der Waals surface area contributed by atoms with Crippen LogP contribution in [0.5, 0.6) is 0 Å². The highest BCUT2D eigenvalue weighted by molar-refractivity contribution is 6.04. The molecule has 156 valence electrons. The van der Waals surface area contributed by atoms with E-state index in [0.29, 0.717) is 16.9 Å². The first-order valence-electron chi connectivity index (χ1n) is 10.2. The van der Waals surface area contributed by atoms with Crippen LogP contribution in [0, 0.1) is 18.3 Å². The van der Waals surface area contributed by atoms with Gasteiger partial charge in [-0.15, -0.1) is 5.10 Å². The van der Waals surface area contributed by atoms with Crippen molar-refractivity contribution in [3.8, 4) is 23.0 Å². The Hall–Kier alpha value is -4.38. The van der Waals surface area contributed by atoms with Crippen LogP contribution in [0.15, 0.2) is 67.4 Å². The molecule has 0 spiro atoms. The maximum absolute atomic E-state index is 12.9. The van der Waals surface area contributed by atoms with E-state index in [9.17, 15) is 10.1 Å². The average molecular weight is 421 g/mol. The summed E-state index contributed by atoms with van der Waals surface area (Å²) in [5.41, 5.74) is 4.83. The molecule has 0 saturated heterocycles. The fourth-order valence-corrected chi connectivity index (χ4v) is 3.63. The number of aryl methyl sites for hydroxylation is 1. The van der Waals surface area contributed by atoms with Gasteiger partial charge in [-0.1, -0.05) is 23.4 Å². The molecule has 5 rings (SSSR count). The van der Waals surface area contributed by atoms with E-state index in [1.165, 1.54) is 6.33 Å². The largest absolute Gasteiger partial charge is 0.322 e. The van der Waals surface area contributed by atoms with Gasteiger partial charge >= 0.3 is 0 Å². The van der Waals surface area contributed by atoms with Crippen LogP contribution in [0.25, 0.3) is 16.9 Å². The number of nitrogens with one attached hydrogen (secondary N) is 1. The fourth-order valence-electron chi connectivity index (χ4n) is 3.63. The number of carbonyl (C=O) groups excluding carboxylic acids is 1. The van der Waals surface area contributed by atoms with Crippen molar-refractivity contribution >= 4 is 11.6 Å². The number of nitrogens with zero attached hydrogens (tertiary/aromatic N) is 6. The minimum atomic E-state index is -0.396. The second-order valence-corrected chi connectivity index (χ2v) is 7.91. The Labute approximate surface area is 184 Å². The fraction of sp³-hybridized carbons (Fsp3) is 0.167. The van der Waals surface area contributed by atoms with Gasteiger partial charge in [-0.2, -0.15) is 5.26 Å². The summed E-state index contributed by atoms with van der Waals surface area (Å²) < 4.78 is 1.64. The van der Waals surface area contributed by atoms with E-state index >= 15 is 0 Å². The lowest BCUT2D eigenvalue weighted by atomic mass is 9.97. The molecule has 2 heterocycles. The topological polar surface area (TPSA) is 109 Å². The molecular formula is C24H19N7O. The van der Waals surface area contributed by atoms with Gasteiger partial charge in [0.2, 0.25) is 0 Å². The molecule has 4 aromatic rings. The number of hydrogen-bond acceptors (Lipinski definition) is 6. The third-order valence-electron chi connectivity index (χ3n) is 5.70. The normalized spacial score (nSPS) is 13.9. The van der Waals surface area contributed by atoms with Gasteiger partial charge in [0.15, 0.2) is 0 Å². The molecule has 0 radical (unpaired) electrons. The highest BCUT2D eigenvalue weighted by Crippen LogP contribution is 2.47. The lowest BCUT2D eigenvalue weighted by molar-refractivity contribution is 0.102. The quantitative estimate of drug-likeness (QED) is 0.524. The molecule has 8 heteroatoms. The van der Waals surface area contributed by atoms with Crippen LogP contribution in [0.4, 0.5) is 5.69 Å². The predicted molar refractivity (Wildman–Crippen MR) is 118 cm³/mol. The second-order valence-electron chi connectivity index (χ2n) is 7.91. The Morgan fingerprint density at radius 2 is 1.97 bits per heavy atom. The van der Waals surface area contributed by atoms with Crippen molar-refractivity contribution in [2.45, 2.75) is 25.2 Å². The molecule has 8 nitrogen and oxygen atoms in total. The van der Waals surface area contributed by atoms with Gasteiger partial charge in [-0.05, 0) is 55.2 Å². The number of amides is 1. The summed E-state index contributed by atoms with van der Waals surface area (Å²) in [6, 6.07) is 15.3. The number of nitriles is 1. The molecule has 1 aliphatic carbocycles. The Morgan fingerprint density at radius 1 is 1.16 bits per heavy atom. The minimum Gasteiger partial charge on any atom is -0.322 e. The second kappa shape index (κ2) is 7.71. The van der Waals surface area contributed by atoms with E-state index in [1.54, 1.807) is 35.4 Å². The van der Waals surface area contributed by atoms with Crippen molar-refractivity contribution in [1.29, 1.82) is 5.26 Å². The number of benzene rings is 2. The molecule has 1 aliphatic rings. The first-order valence-corrected chi connectivity index (χ1v) is 10.2. The summed E-state index contributed by atoms with van der Waals surface area (Å²) in [7, 11) is 0. The molecule has 2 aromatic carbocycles. The Kier molecular flexibility index (Phi) is 4.71. The maximum atomic E-state index is 12.9. The molecule has 1 amide bonds. The minimum absolute atomic E-state index is 0.234. The predicted octanol–water partition coefficient (Wildman–Crippen LogP) is 3.84. The van der Waals surface area contributed by atoms with Crippen molar-refractivity contribution in [3.63, 3.8) is 0 Å². The maximum Gasteiger partial charge on any atom is 0.255 e. The molecule has 1 saturated carbocycles. The van der Waals surface area contributed by atoms with Gasteiger partial charge in [-0.3, -0.25) is 4.79 Å². The number of rotatable bonds is 5. The van der Waals surface area contributed by atoms with Crippen LogP contribution < -0.4 is 5.32 Å². The Bertz CT molecular complexity index is 1350. The van der Waals surface area contributed by atoms with E-state index in [4.69, 9.17) is 0 Å². The lowest BCUT2D eigenvalue weighted by Gasteiger charge is -2.11. The Morgan fingerprint density at radius 3 is 2.72 bits per heavy atom. The first-order chi connectivity index (χ1) is 15.6. The standard InChI is InChI=1S/C24H19N7O/c1-16-5-6-17(9-22(16)31-13-21(29-30-31)18-11-26-15-27-12-18)23(32)28-20-4-2-3-19(10-20)24(14-25)7-8-24/h2-6,9-13,15H,7-8H2,1H3,(H,28,32). The van der Waals surface area contributed by atoms with Crippen LogP contribution in [-0.2, 0) is 5.41 Å². The van der Waals surface area contributed by atoms with E-state index in [1.807, 2.05) is 37.3 Å². The molecule has 0 bridgehead atoms. The van der Waals surface area contributed by atoms with Gasteiger partial charge in [0.1, 0.15) is 12.0 Å². The van der Waals surface area contributed by atoms with Crippen molar-refractivity contribution in [2.75, 3.05) is 5.32 Å². The molecular weight excluding hydrogens is 402 g/mol. The summed E-state index contributed by atoms with van der Waals surface area (Å²) in [5.74, 6) is -0.234. The number of anilines is 1. The first kappa shape index (κ1) is 19.6. The molecule has 1 fully saturated rings. The molecule has 2 aromatic heterocycles. The summed E-state index contributed by atoms with van der Waals surface area (Å²) in [5, 5.41) is 20.8. The molecule has 0 atom stereocenters. The zero-order chi connectivity index (χ0) is 22.1. The van der Waals surface area contributed by atoms with Crippen molar-refractivity contribution in [1.82, 2.24) is 25.0 Å². The molecule has 0 aliphatic heterocycles. The van der Waals surface area contributed by atoms with Gasteiger partial charge in [0.05, 0.1) is 23.4 Å². The molecule has 0 unspecified atom stereocenters. The monoisotopic (exact) mass is 421 g/mol. The van der Waals surface area contributed by atoms with Gasteiger partial charge in [-0.25, -0.2) is 14.6 Å². The summed E-state index contributed by atoms with van der Waals surface area (Å²) in [4.78, 5) is 21.0. The van der Waals surface area contributed by atoms with Crippen LogP contribution in [-0.4, -0.2) is 30.9 Å². The van der Waals surface area contributed by atoms with Crippen molar-refractivity contribution in [3.05, 3.63) is 84.1 Å². The summed E-state index contributed by atoms with van der Waals surface area (Å²) >= 11 is 0. The van der Waals surface area contributed by atoms with E-state index in [2.05, 4.69) is 31.7 Å². The highest BCUT2D eigenvalue weighted by atomic mass is 16.1. The average Bonchev–Trinajstić information content (AvgIpc) is 3.48. The summed E-state index contributed by atoms with van der Waals surface area (Å²) in [6.07, 6.45) is 8.30. The lowest BCUT2D eigenvalue weighted by Crippen LogP contribution is -2.13. The van der Waals surface area contributed by atoms with Crippen LogP contribution in [0.1, 0.15) is 34.3 Å². The van der Waals surface area contributed by atoms with Gasteiger partial charge in [0.25, 0.3) is 5.91 Å². The zero-order valence-electron chi connectivity index (χ0n) is 17.4. The van der Waals surface area contributed by atoms with Crippen LogP contribution >= 0.6 is 0 Å². The van der Waals surface area contributed by atoms with E-state index in [-0.39, 0.29) is 5.91 Å². The zero-order valence-corrected chi connectivity index (χ0v) is 17.4. The Balaban J connectivity index is 1.40. The van der Waals surface area contributed by atoms with Crippen molar-refractivity contribution < 1.29 is 4.79 Å². The van der Waals surface area contributed by atoms with E-state index < -0.39 is 5.41 Å². The van der Waals surface area contributed by atoms with Crippen LogP contribution in [0.3, 0.4) is 0 Å².